The van der Waals surface area contributed by atoms with Crippen molar-refractivity contribution in [2.45, 2.75) is 32.6 Å². The van der Waals surface area contributed by atoms with Gasteiger partial charge in [0.1, 0.15) is 0 Å². The summed E-state index contributed by atoms with van der Waals surface area (Å²) < 4.78 is 1.70. The minimum Gasteiger partial charge on any atom is -0.481 e. The second-order valence-electron chi connectivity index (χ2n) is 5.40. The minimum atomic E-state index is -0.802. The molecule has 0 saturated carbocycles. The van der Waals surface area contributed by atoms with Gasteiger partial charge in [-0.1, -0.05) is 31.2 Å². The third kappa shape index (κ3) is 3.36. The summed E-state index contributed by atoms with van der Waals surface area (Å²) in [4.78, 5) is 10.6. The fourth-order valence-corrected chi connectivity index (χ4v) is 2.45. The first-order chi connectivity index (χ1) is 11.2. The van der Waals surface area contributed by atoms with Crippen LogP contribution >= 0.6 is 0 Å². The largest absolute Gasteiger partial charge is 0.481 e. The number of hydrogen-bond acceptors (Lipinski definition) is 4. The van der Waals surface area contributed by atoms with Gasteiger partial charge in [-0.2, -0.15) is 9.61 Å². The van der Waals surface area contributed by atoms with Crippen molar-refractivity contribution in [3.05, 3.63) is 47.8 Å². The molecule has 6 nitrogen and oxygen atoms in total. The number of aryl methyl sites for hydroxylation is 2. The van der Waals surface area contributed by atoms with Crippen LogP contribution in [0.2, 0.25) is 0 Å². The predicted octanol–water partition coefficient (Wildman–Crippen LogP) is 2.76. The molecule has 6 heteroatoms. The molecule has 0 fully saturated rings. The topological polar surface area (TPSA) is 80.4 Å². The SMILES string of the molecule is CCc1ccc(-c2ccc3nnc(CCCC(=O)O)n3n2)cc1. The number of rotatable bonds is 6. The zero-order valence-electron chi connectivity index (χ0n) is 12.9. The Labute approximate surface area is 133 Å². The molecule has 23 heavy (non-hydrogen) atoms. The normalized spacial score (nSPS) is 11.0. The van der Waals surface area contributed by atoms with Crippen LogP contribution in [0.4, 0.5) is 0 Å². The maximum atomic E-state index is 10.6. The van der Waals surface area contributed by atoms with Gasteiger partial charge < -0.3 is 5.11 Å². The minimum absolute atomic E-state index is 0.118. The third-order valence-corrected chi connectivity index (χ3v) is 3.78. The third-order valence-electron chi connectivity index (χ3n) is 3.78. The van der Waals surface area contributed by atoms with Crippen LogP contribution in [-0.2, 0) is 17.6 Å². The molecule has 3 rings (SSSR count). The van der Waals surface area contributed by atoms with Crippen LogP contribution in [0.1, 0.15) is 31.2 Å². The van der Waals surface area contributed by atoms with E-state index in [-0.39, 0.29) is 6.42 Å². The lowest BCUT2D eigenvalue weighted by Crippen LogP contribution is -2.02. The van der Waals surface area contributed by atoms with Gasteiger partial charge in [-0.05, 0) is 30.5 Å². The number of aromatic nitrogens is 4. The number of fused-ring (bicyclic) bond motifs is 1. The fourth-order valence-electron chi connectivity index (χ4n) is 2.45. The second kappa shape index (κ2) is 6.56. The summed E-state index contributed by atoms with van der Waals surface area (Å²) >= 11 is 0. The Bertz CT molecular complexity index is 824. The first-order valence-electron chi connectivity index (χ1n) is 7.70. The first kappa shape index (κ1) is 15.1. The molecule has 0 aliphatic rings. The van der Waals surface area contributed by atoms with Crippen molar-refractivity contribution < 1.29 is 9.90 Å². The Morgan fingerprint density at radius 2 is 1.91 bits per heavy atom. The summed E-state index contributed by atoms with van der Waals surface area (Å²) in [6, 6.07) is 12.1. The van der Waals surface area contributed by atoms with Crippen LogP contribution in [0.5, 0.6) is 0 Å². The van der Waals surface area contributed by atoms with E-state index in [2.05, 4.69) is 46.5 Å². The van der Waals surface area contributed by atoms with E-state index in [0.717, 1.165) is 17.7 Å². The molecule has 0 aliphatic carbocycles. The summed E-state index contributed by atoms with van der Waals surface area (Å²) in [5.74, 6) is -0.114. The van der Waals surface area contributed by atoms with Crippen LogP contribution in [0.25, 0.3) is 16.9 Å². The summed E-state index contributed by atoms with van der Waals surface area (Å²) in [7, 11) is 0. The van der Waals surface area contributed by atoms with Crippen molar-refractivity contribution in [1.29, 1.82) is 0 Å². The number of hydrogen-bond donors (Lipinski definition) is 1. The highest BCUT2D eigenvalue weighted by Gasteiger charge is 2.09. The number of carboxylic acid groups (broad SMARTS) is 1. The van der Waals surface area contributed by atoms with E-state index in [0.29, 0.717) is 24.3 Å². The lowest BCUT2D eigenvalue weighted by Gasteiger charge is -2.04. The van der Waals surface area contributed by atoms with Gasteiger partial charge in [-0.3, -0.25) is 4.79 Å². The monoisotopic (exact) mass is 310 g/mol. The van der Waals surface area contributed by atoms with Gasteiger partial charge in [0.2, 0.25) is 0 Å². The molecule has 1 N–H and O–H groups in total. The number of aliphatic carboxylic acids is 1. The molecule has 0 amide bonds. The van der Waals surface area contributed by atoms with Crippen LogP contribution in [0.3, 0.4) is 0 Å². The lowest BCUT2D eigenvalue weighted by molar-refractivity contribution is -0.137. The predicted molar refractivity (Wildman–Crippen MR) is 86.2 cm³/mol. The summed E-state index contributed by atoms with van der Waals surface area (Å²) in [6.45, 7) is 2.12. The molecular weight excluding hydrogens is 292 g/mol. The van der Waals surface area contributed by atoms with Crippen molar-refractivity contribution >= 4 is 11.6 Å². The average Bonchev–Trinajstić information content (AvgIpc) is 2.97. The van der Waals surface area contributed by atoms with Gasteiger partial charge >= 0.3 is 5.97 Å². The summed E-state index contributed by atoms with van der Waals surface area (Å²) in [6.07, 6.45) is 2.19. The quantitative estimate of drug-likeness (QED) is 0.757. The molecular formula is C17H18N4O2. The van der Waals surface area contributed by atoms with Gasteiger partial charge in [0.25, 0.3) is 0 Å². The van der Waals surface area contributed by atoms with Gasteiger partial charge in [-0.15, -0.1) is 10.2 Å². The zero-order chi connectivity index (χ0) is 16.2. The van der Waals surface area contributed by atoms with Gasteiger partial charge in [-0.25, -0.2) is 0 Å². The highest BCUT2D eigenvalue weighted by Crippen LogP contribution is 2.18. The van der Waals surface area contributed by atoms with Crippen LogP contribution in [0, 0.1) is 0 Å². The van der Waals surface area contributed by atoms with Crippen LogP contribution in [0.15, 0.2) is 36.4 Å². The smallest absolute Gasteiger partial charge is 0.303 e. The molecule has 0 aliphatic heterocycles. The van der Waals surface area contributed by atoms with Gasteiger partial charge in [0.05, 0.1) is 5.69 Å². The Kier molecular flexibility index (Phi) is 4.32. The molecule has 0 saturated heterocycles. The van der Waals surface area contributed by atoms with Crippen molar-refractivity contribution in [3.63, 3.8) is 0 Å². The Hall–Kier alpha value is -2.76. The molecule has 0 unspecified atom stereocenters. The van der Waals surface area contributed by atoms with Crippen molar-refractivity contribution in [2.75, 3.05) is 0 Å². The maximum Gasteiger partial charge on any atom is 0.303 e. The number of carbonyl (C=O) groups is 1. The molecule has 0 radical (unpaired) electrons. The molecule has 1 aromatic carbocycles. The molecule has 118 valence electrons. The Balaban J connectivity index is 1.88. The van der Waals surface area contributed by atoms with Crippen molar-refractivity contribution in [3.8, 4) is 11.3 Å². The van der Waals surface area contributed by atoms with E-state index in [1.165, 1.54) is 5.56 Å². The second-order valence-corrected chi connectivity index (χ2v) is 5.40. The average molecular weight is 310 g/mol. The van der Waals surface area contributed by atoms with Gasteiger partial charge in [0.15, 0.2) is 11.5 Å². The Morgan fingerprint density at radius 1 is 1.13 bits per heavy atom. The zero-order valence-corrected chi connectivity index (χ0v) is 12.9. The van der Waals surface area contributed by atoms with E-state index in [1.807, 2.05) is 12.1 Å². The molecule has 2 aromatic heterocycles. The van der Waals surface area contributed by atoms with E-state index in [9.17, 15) is 4.79 Å². The number of benzene rings is 1. The van der Waals surface area contributed by atoms with E-state index in [1.54, 1.807) is 4.52 Å². The maximum absolute atomic E-state index is 10.6. The highest BCUT2D eigenvalue weighted by atomic mass is 16.4. The van der Waals surface area contributed by atoms with E-state index in [4.69, 9.17) is 5.11 Å². The van der Waals surface area contributed by atoms with Crippen molar-refractivity contribution in [1.82, 2.24) is 19.8 Å². The lowest BCUT2D eigenvalue weighted by atomic mass is 10.1. The molecule has 2 heterocycles. The number of nitrogens with zero attached hydrogens (tertiary/aromatic N) is 4. The summed E-state index contributed by atoms with van der Waals surface area (Å²) in [5.41, 5.74) is 3.84. The van der Waals surface area contributed by atoms with E-state index < -0.39 is 5.97 Å². The highest BCUT2D eigenvalue weighted by molar-refractivity contribution is 5.66. The molecule has 0 bridgehead atoms. The van der Waals surface area contributed by atoms with Gasteiger partial charge in [0, 0.05) is 18.4 Å². The standard InChI is InChI=1S/C17H18N4O2/c1-2-12-6-8-13(9-7-12)14-10-11-16-19-18-15(21(16)20-14)4-3-5-17(22)23/h6-11H,2-5H2,1H3,(H,22,23). The number of carboxylic acids is 1. The van der Waals surface area contributed by atoms with E-state index >= 15 is 0 Å². The van der Waals surface area contributed by atoms with Crippen molar-refractivity contribution in [2.24, 2.45) is 0 Å². The molecule has 0 spiro atoms. The van der Waals surface area contributed by atoms with Crippen LogP contribution < -0.4 is 0 Å². The molecule has 3 aromatic rings. The summed E-state index contributed by atoms with van der Waals surface area (Å²) in [5, 5.41) is 21.5. The fraction of sp³-hybridized carbons (Fsp3) is 0.294. The Morgan fingerprint density at radius 3 is 2.61 bits per heavy atom. The van der Waals surface area contributed by atoms with Crippen LogP contribution in [-0.4, -0.2) is 30.9 Å². The first-order valence-corrected chi connectivity index (χ1v) is 7.70. The molecule has 0 atom stereocenters.